The van der Waals surface area contributed by atoms with Crippen molar-refractivity contribution in [2.24, 2.45) is 0 Å². The summed E-state index contributed by atoms with van der Waals surface area (Å²) in [6.07, 6.45) is -0.900. The fourth-order valence-electron chi connectivity index (χ4n) is 3.42. The highest BCUT2D eigenvalue weighted by Gasteiger charge is 2.27. The highest BCUT2D eigenvalue weighted by molar-refractivity contribution is 5.93. The van der Waals surface area contributed by atoms with Gasteiger partial charge in [-0.25, -0.2) is 8.78 Å². The summed E-state index contributed by atoms with van der Waals surface area (Å²) in [5, 5.41) is 17.9. The van der Waals surface area contributed by atoms with E-state index in [2.05, 4.69) is 27.8 Å². The molecular weight excluding hydrogens is 458 g/mol. The van der Waals surface area contributed by atoms with Gasteiger partial charge in [-0.2, -0.15) is 0 Å². The molecule has 0 bridgehead atoms. The summed E-state index contributed by atoms with van der Waals surface area (Å²) >= 11 is 0. The largest absolute Gasteiger partial charge is 0.378 e. The van der Waals surface area contributed by atoms with Crippen molar-refractivity contribution in [3.8, 4) is 0 Å². The number of aliphatic hydroxyl groups excluding tert-OH is 1. The maximum atomic E-state index is 13.4. The van der Waals surface area contributed by atoms with Crippen molar-refractivity contribution in [1.82, 2.24) is 20.9 Å². The number of carbonyl (C=O) groups is 3. The molecule has 190 valence electrons. The van der Waals surface area contributed by atoms with Crippen LogP contribution < -0.4 is 16.0 Å². The number of aliphatic hydroxyl groups is 1. The minimum atomic E-state index is -1.89. The summed E-state index contributed by atoms with van der Waals surface area (Å²) in [4.78, 5) is 40.1. The summed E-state index contributed by atoms with van der Waals surface area (Å²) in [6, 6.07) is 8.73. The molecule has 0 aliphatic rings. The van der Waals surface area contributed by atoms with Gasteiger partial charge < -0.3 is 26.0 Å². The third-order valence-electron chi connectivity index (χ3n) is 5.28. The van der Waals surface area contributed by atoms with Crippen LogP contribution in [-0.4, -0.2) is 60.5 Å². The maximum Gasteiger partial charge on any atom is 0.254 e. The third-order valence-corrected chi connectivity index (χ3v) is 5.28. The normalized spacial score (nSPS) is 13.6. The molecule has 0 aromatic heterocycles. The fourth-order valence-corrected chi connectivity index (χ4v) is 3.42. The van der Waals surface area contributed by atoms with Gasteiger partial charge in [0.25, 0.3) is 5.91 Å². The Morgan fingerprint density at radius 3 is 2.14 bits per heavy atom. The fraction of sp³-hybridized carbons (Fsp3) is 0.400. The summed E-state index contributed by atoms with van der Waals surface area (Å²) in [6.45, 7) is 5.34. The van der Waals surface area contributed by atoms with Crippen LogP contribution in [0, 0.1) is 11.6 Å². The van der Waals surface area contributed by atoms with Crippen LogP contribution in [0.25, 0.3) is 0 Å². The zero-order chi connectivity index (χ0) is 26.0. The first kappa shape index (κ1) is 27.9. The molecule has 0 aliphatic heterocycles. The lowest BCUT2D eigenvalue weighted by atomic mass is 10.1. The highest BCUT2D eigenvalue weighted by Crippen LogP contribution is 2.17. The number of hydrogen-bond acceptors (Lipinski definition) is 5. The molecule has 10 heteroatoms. The first-order valence-electron chi connectivity index (χ1n) is 11.4. The smallest absolute Gasteiger partial charge is 0.254 e. The summed E-state index contributed by atoms with van der Waals surface area (Å²) in [7, 11) is 1.95. The van der Waals surface area contributed by atoms with E-state index in [1.807, 2.05) is 7.05 Å². The number of benzene rings is 2. The van der Waals surface area contributed by atoms with E-state index in [0.717, 1.165) is 25.1 Å². The molecule has 1 unspecified atom stereocenters. The number of hydrogen-bond donors (Lipinski definition) is 4. The van der Waals surface area contributed by atoms with E-state index < -0.39 is 47.5 Å². The van der Waals surface area contributed by atoms with Crippen LogP contribution in [-0.2, 0) is 14.4 Å². The second kappa shape index (κ2) is 13.5. The standard InChI is InChI=1S/C25H32F2N4O4/c1-4-11-31(3)12-10-28-24(34)21(17-8-6-5-7-9-17)30-23(33)16(2)29-25(35)22(32)18-13-19(26)15-20(27)14-18/h5-9,13-16,21-22,32H,4,10-12H2,1-3H3,(H,28,34)(H,29,35)(H,30,33)/t16-,21-,22?/m0/s1. The number of nitrogens with zero attached hydrogens (tertiary/aromatic N) is 1. The summed E-state index contributed by atoms with van der Waals surface area (Å²) in [5.74, 6) is -4.01. The minimum absolute atomic E-state index is 0.290. The van der Waals surface area contributed by atoms with Crippen molar-refractivity contribution in [2.75, 3.05) is 26.7 Å². The van der Waals surface area contributed by atoms with Gasteiger partial charge in [-0.1, -0.05) is 37.3 Å². The van der Waals surface area contributed by atoms with Gasteiger partial charge in [0.15, 0.2) is 6.10 Å². The molecule has 0 spiro atoms. The van der Waals surface area contributed by atoms with Crippen molar-refractivity contribution in [3.05, 3.63) is 71.3 Å². The average molecular weight is 491 g/mol. The molecule has 0 heterocycles. The second-order valence-electron chi connectivity index (χ2n) is 8.28. The molecular formula is C25H32F2N4O4. The van der Waals surface area contributed by atoms with Crippen molar-refractivity contribution in [2.45, 2.75) is 38.5 Å². The molecule has 3 atom stereocenters. The van der Waals surface area contributed by atoms with Crippen molar-refractivity contribution < 1.29 is 28.3 Å². The molecule has 0 saturated heterocycles. The van der Waals surface area contributed by atoms with Crippen molar-refractivity contribution in [3.63, 3.8) is 0 Å². The second-order valence-corrected chi connectivity index (χ2v) is 8.28. The average Bonchev–Trinajstić information content (AvgIpc) is 2.81. The SMILES string of the molecule is CCCN(C)CCNC(=O)[C@@H](NC(=O)[C@H](C)NC(=O)C(O)c1cc(F)cc(F)c1)c1ccccc1. The molecule has 0 saturated carbocycles. The minimum Gasteiger partial charge on any atom is -0.378 e. The zero-order valence-corrected chi connectivity index (χ0v) is 20.1. The van der Waals surface area contributed by atoms with E-state index >= 15 is 0 Å². The van der Waals surface area contributed by atoms with Crippen molar-refractivity contribution in [1.29, 1.82) is 0 Å². The molecule has 2 aromatic rings. The molecule has 35 heavy (non-hydrogen) atoms. The van der Waals surface area contributed by atoms with Gasteiger partial charge in [-0.05, 0) is 50.2 Å². The van der Waals surface area contributed by atoms with Gasteiger partial charge in [0.1, 0.15) is 23.7 Å². The van der Waals surface area contributed by atoms with Crippen LogP contribution in [0.3, 0.4) is 0 Å². The monoisotopic (exact) mass is 490 g/mol. The number of halogens is 2. The maximum absolute atomic E-state index is 13.4. The molecule has 4 N–H and O–H groups in total. The molecule has 2 aromatic carbocycles. The zero-order valence-electron chi connectivity index (χ0n) is 20.1. The van der Waals surface area contributed by atoms with Crippen LogP contribution in [0.1, 0.15) is 43.5 Å². The number of nitrogens with one attached hydrogen (secondary N) is 3. The molecule has 0 radical (unpaired) electrons. The van der Waals surface area contributed by atoms with Crippen LogP contribution in [0.15, 0.2) is 48.5 Å². The highest BCUT2D eigenvalue weighted by atomic mass is 19.1. The van der Waals surface area contributed by atoms with Gasteiger partial charge in [-0.3, -0.25) is 14.4 Å². The number of likely N-dealkylation sites (N-methyl/N-ethyl adjacent to an activating group) is 1. The Balaban J connectivity index is 2.03. The lowest BCUT2D eigenvalue weighted by Gasteiger charge is -2.23. The van der Waals surface area contributed by atoms with E-state index in [0.29, 0.717) is 24.7 Å². The summed E-state index contributed by atoms with van der Waals surface area (Å²) < 4.78 is 26.8. The topological polar surface area (TPSA) is 111 Å². The molecule has 0 aliphatic carbocycles. The first-order valence-corrected chi connectivity index (χ1v) is 11.4. The van der Waals surface area contributed by atoms with Crippen molar-refractivity contribution >= 4 is 17.7 Å². The Hall–Kier alpha value is -3.37. The van der Waals surface area contributed by atoms with Gasteiger partial charge in [0.05, 0.1) is 0 Å². The van der Waals surface area contributed by atoms with Gasteiger partial charge in [0.2, 0.25) is 11.8 Å². The Kier molecular flexibility index (Phi) is 10.8. The Morgan fingerprint density at radius 2 is 1.54 bits per heavy atom. The predicted octanol–water partition coefficient (Wildman–Crippen LogP) is 1.82. The Labute approximate surface area is 203 Å². The predicted molar refractivity (Wildman–Crippen MR) is 127 cm³/mol. The van der Waals surface area contributed by atoms with Gasteiger partial charge in [-0.15, -0.1) is 0 Å². The quantitative estimate of drug-likeness (QED) is 0.363. The van der Waals surface area contributed by atoms with E-state index in [9.17, 15) is 28.3 Å². The summed E-state index contributed by atoms with van der Waals surface area (Å²) in [5.41, 5.74) is 0.260. The third kappa shape index (κ3) is 8.73. The lowest BCUT2D eigenvalue weighted by Crippen LogP contribution is -2.50. The molecule has 3 amide bonds. The van der Waals surface area contributed by atoms with Crippen LogP contribution in [0.2, 0.25) is 0 Å². The first-order chi connectivity index (χ1) is 16.6. The van der Waals surface area contributed by atoms with E-state index in [1.54, 1.807) is 30.3 Å². The van der Waals surface area contributed by atoms with Crippen LogP contribution >= 0.6 is 0 Å². The number of amides is 3. The molecule has 8 nitrogen and oxygen atoms in total. The Bertz CT molecular complexity index is 986. The number of carbonyl (C=O) groups excluding carboxylic acids is 3. The lowest BCUT2D eigenvalue weighted by molar-refractivity contribution is -0.135. The van der Waals surface area contributed by atoms with Gasteiger partial charge >= 0.3 is 0 Å². The van der Waals surface area contributed by atoms with E-state index in [4.69, 9.17) is 0 Å². The number of rotatable bonds is 12. The van der Waals surface area contributed by atoms with Gasteiger partial charge in [0, 0.05) is 19.2 Å². The molecule has 2 rings (SSSR count). The van der Waals surface area contributed by atoms with E-state index in [-0.39, 0.29) is 5.56 Å². The molecule has 0 fully saturated rings. The van der Waals surface area contributed by atoms with Crippen LogP contribution in [0.5, 0.6) is 0 Å². The van der Waals surface area contributed by atoms with E-state index in [1.165, 1.54) is 6.92 Å². The Morgan fingerprint density at radius 1 is 0.914 bits per heavy atom. The van der Waals surface area contributed by atoms with Crippen LogP contribution in [0.4, 0.5) is 8.78 Å².